The molecule has 0 aliphatic carbocycles. The molecule has 1 rings (SSSR count). The lowest BCUT2D eigenvalue weighted by Gasteiger charge is -2.39. The highest BCUT2D eigenvalue weighted by Gasteiger charge is 2.45. The van der Waals surface area contributed by atoms with Gasteiger partial charge >= 0.3 is 6.18 Å². The van der Waals surface area contributed by atoms with Crippen molar-refractivity contribution in [2.75, 3.05) is 19.6 Å². The molecule has 1 heterocycles. The van der Waals surface area contributed by atoms with Crippen molar-refractivity contribution in [2.24, 2.45) is 0 Å². The summed E-state index contributed by atoms with van der Waals surface area (Å²) < 4.78 is 61.6. The molecule has 0 aromatic carbocycles. The zero-order valence-electron chi connectivity index (χ0n) is 9.84. The Bertz CT molecular complexity index is 433. The average molecular weight is 289 g/mol. The summed E-state index contributed by atoms with van der Waals surface area (Å²) >= 11 is 0. The van der Waals surface area contributed by atoms with E-state index >= 15 is 0 Å². The lowest BCUT2D eigenvalue weighted by Crippen LogP contribution is -2.65. The van der Waals surface area contributed by atoms with E-state index in [1.54, 1.807) is 0 Å². The number of nitrogens with one attached hydrogen (secondary N) is 2. The van der Waals surface area contributed by atoms with Crippen LogP contribution in [0.4, 0.5) is 13.2 Å². The van der Waals surface area contributed by atoms with Crippen LogP contribution in [0.5, 0.6) is 0 Å². The first-order chi connectivity index (χ1) is 7.97. The van der Waals surface area contributed by atoms with Crippen molar-refractivity contribution in [2.45, 2.75) is 25.6 Å². The minimum atomic E-state index is -4.64. The molecular formula is C8H14F3N3O3S. The van der Waals surface area contributed by atoms with E-state index in [9.17, 15) is 26.4 Å². The number of piperazine rings is 1. The fourth-order valence-electron chi connectivity index (χ4n) is 1.55. The molecule has 0 unspecified atom stereocenters. The van der Waals surface area contributed by atoms with Gasteiger partial charge in [-0.25, -0.2) is 0 Å². The second-order valence-corrected chi connectivity index (χ2v) is 6.01. The molecule has 10 heteroatoms. The summed E-state index contributed by atoms with van der Waals surface area (Å²) in [5.41, 5.74) is -1.42. The standard InChI is InChI=1S/C8H14F3N3O3S/c1-7(2)6(15)12-3-4-14(7)18(16,17)13-5-8(9,10)11/h13H,3-5H2,1-2H3,(H,12,15). The van der Waals surface area contributed by atoms with Crippen LogP contribution in [-0.2, 0) is 15.0 Å². The van der Waals surface area contributed by atoms with E-state index in [4.69, 9.17) is 0 Å². The van der Waals surface area contributed by atoms with Gasteiger partial charge in [-0.05, 0) is 13.8 Å². The first-order valence-electron chi connectivity index (χ1n) is 5.09. The largest absolute Gasteiger partial charge is 0.402 e. The zero-order chi connectivity index (χ0) is 14.2. The van der Waals surface area contributed by atoms with Gasteiger partial charge in [0.05, 0.1) is 0 Å². The van der Waals surface area contributed by atoms with Gasteiger partial charge in [-0.2, -0.15) is 30.6 Å². The predicted octanol–water partition coefficient (Wildman–Crippen LogP) is -0.406. The maximum Gasteiger partial charge on any atom is 0.402 e. The Hall–Kier alpha value is -0.870. The van der Waals surface area contributed by atoms with Crippen molar-refractivity contribution in [3.63, 3.8) is 0 Å². The van der Waals surface area contributed by atoms with Gasteiger partial charge in [-0.3, -0.25) is 4.79 Å². The van der Waals surface area contributed by atoms with E-state index in [1.165, 1.54) is 18.6 Å². The highest BCUT2D eigenvalue weighted by atomic mass is 32.2. The lowest BCUT2D eigenvalue weighted by molar-refractivity contribution is -0.131. The van der Waals surface area contributed by atoms with Crippen molar-refractivity contribution in [1.82, 2.24) is 14.3 Å². The number of carbonyl (C=O) groups excluding carboxylic acids is 1. The van der Waals surface area contributed by atoms with Crippen molar-refractivity contribution in [3.8, 4) is 0 Å². The third kappa shape index (κ3) is 3.33. The highest BCUT2D eigenvalue weighted by molar-refractivity contribution is 7.87. The van der Waals surface area contributed by atoms with Crippen LogP contribution < -0.4 is 10.0 Å². The number of hydrogen-bond acceptors (Lipinski definition) is 3. The fraction of sp³-hybridized carbons (Fsp3) is 0.875. The summed E-state index contributed by atoms with van der Waals surface area (Å²) in [6, 6.07) is 0. The maximum atomic E-state index is 12.0. The van der Waals surface area contributed by atoms with E-state index < -0.39 is 34.4 Å². The second kappa shape index (κ2) is 4.67. The second-order valence-electron chi connectivity index (χ2n) is 4.33. The van der Waals surface area contributed by atoms with Gasteiger partial charge in [0.2, 0.25) is 5.91 Å². The average Bonchev–Trinajstić information content (AvgIpc) is 2.18. The molecule has 6 nitrogen and oxygen atoms in total. The van der Waals surface area contributed by atoms with Crippen molar-refractivity contribution in [1.29, 1.82) is 0 Å². The quantitative estimate of drug-likeness (QED) is 0.741. The Balaban J connectivity index is 2.87. The smallest absolute Gasteiger partial charge is 0.353 e. The molecule has 18 heavy (non-hydrogen) atoms. The van der Waals surface area contributed by atoms with Crippen LogP contribution in [0, 0.1) is 0 Å². The third-order valence-corrected chi connectivity index (χ3v) is 4.25. The van der Waals surface area contributed by atoms with Crippen LogP contribution in [0.2, 0.25) is 0 Å². The SMILES string of the molecule is CC1(C)C(=O)NCCN1S(=O)(=O)NCC(F)(F)F. The Labute approximate surface area is 103 Å². The topological polar surface area (TPSA) is 78.5 Å². The van der Waals surface area contributed by atoms with Crippen molar-refractivity contribution >= 4 is 16.1 Å². The summed E-state index contributed by atoms with van der Waals surface area (Å²) in [5.74, 6) is -0.550. The van der Waals surface area contributed by atoms with E-state index in [0.29, 0.717) is 0 Å². The summed E-state index contributed by atoms with van der Waals surface area (Å²) in [4.78, 5) is 11.5. The molecule has 1 aliphatic heterocycles. The Morgan fingerprint density at radius 2 is 2.00 bits per heavy atom. The minimum absolute atomic E-state index is 0.0647. The van der Waals surface area contributed by atoms with Crippen LogP contribution in [-0.4, -0.2) is 50.0 Å². The molecule has 1 fully saturated rings. The lowest BCUT2D eigenvalue weighted by atomic mass is 10.0. The van der Waals surface area contributed by atoms with E-state index in [2.05, 4.69) is 5.32 Å². The van der Waals surface area contributed by atoms with Crippen LogP contribution in [0.25, 0.3) is 0 Å². The van der Waals surface area contributed by atoms with Crippen molar-refractivity contribution < 1.29 is 26.4 Å². The Morgan fingerprint density at radius 1 is 1.44 bits per heavy atom. The van der Waals surface area contributed by atoms with Crippen LogP contribution in [0.3, 0.4) is 0 Å². The number of nitrogens with zero attached hydrogens (tertiary/aromatic N) is 1. The van der Waals surface area contributed by atoms with Crippen LogP contribution in [0.1, 0.15) is 13.8 Å². The molecule has 0 aromatic heterocycles. The number of halogens is 3. The van der Waals surface area contributed by atoms with Crippen LogP contribution >= 0.6 is 0 Å². The first kappa shape index (κ1) is 15.2. The molecule has 1 saturated heterocycles. The molecule has 0 bridgehead atoms. The van der Waals surface area contributed by atoms with Gasteiger partial charge in [0, 0.05) is 13.1 Å². The van der Waals surface area contributed by atoms with Gasteiger partial charge in [-0.15, -0.1) is 0 Å². The highest BCUT2D eigenvalue weighted by Crippen LogP contribution is 2.21. The number of carbonyl (C=O) groups is 1. The number of amides is 1. The maximum absolute atomic E-state index is 12.0. The third-order valence-electron chi connectivity index (χ3n) is 2.52. The predicted molar refractivity (Wildman–Crippen MR) is 56.8 cm³/mol. The molecule has 0 atom stereocenters. The monoisotopic (exact) mass is 289 g/mol. The summed E-state index contributed by atoms with van der Waals surface area (Å²) in [6.45, 7) is 0.979. The van der Waals surface area contributed by atoms with E-state index in [1.807, 2.05) is 0 Å². The normalized spacial score (nSPS) is 21.7. The summed E-state index contributed by atoms with van der Waals surface area (Å²) in [5, 5.41) is 2.45. The molecule has 0 saturated carbocycles. The molecule has 1 amide bonds. The van der Waals surface area contributed by atoms with E-state index in [-0.39, 0.29) is 13.1 Å². The van der Waals surface area contributed by atoms with Gasteiger partial charge < -0.3 is 5.32 Å². The molecule has 2 N–H and O–H groups in total. The van der Waals surface area contributed by atoms with E-state index in [0.717, 1.165) is 4.31 Å². The minimum Gasteiger partial charge on any atom is -0.353 e. The molecular weight excluding hydrogens is 275 g/mol. The molecule has 0 radical (unpaired) electrons. The number of alkyl halides is 3. The molecule has 106 valence electrons. The molecule has 1 aliphatic rings. The van der Waals surface area contributed by atoms with Crippen LogP contribution in [0.15, 0.2) is 0 Å². The number of rotatable bonds is 3. The first-order valence-corrected chi connectivity index (χ1v) is 6.53. The summed E-state index contributed by atoms with van der Waals surface area (Å²) in [7, 11) is -4.35. The van der Waals surface area contributed by atoms with Gasteiger partial charge in [0.1, 0.15) is 12.1 Å². The molecule has 0 spiro atoms. The summed E-state index contributed by atoms with van der Waals surface area (Å²) in [6.07, 6.45) is -4.64. The van der Waals surface area contributed by atoms with Gasteiger partial charge in [0.15, 0.2) is 0 Å². The fourth-order valence-corrected chi connectivity index (χ4v) is 3.07. The van der Waals surface area contributed by atoms with Crippen molar-refractivity contribution in [3.05, 3.63) is 0 Å². The Morgan fingerprint density at radius 3 is 2.50 bits per heavy atom. The Kier molecular flexibility index (Phi) is 3.94. The number of hydrogen-bond donors (Lipinski definition) is 2. The van der Waals surface area contributed by atoms with Gasteiger partial charge in [0.25, 0.3) is 10.2 Å². The molecule has 0 aromatic rings. The van der Waals surface area contributed by atoms with Gasteiger partial charge in [-0.1, -0.05) is 0 Å². The zero-order valence-corrected chi connectivity index (χ0v) is 10.7.